The van der Waals surface area contributed by atoms with E-state index in [1.165, 1.54) is 0 Å². The van der Waals surface area contributed by atoms with E-state index in [2.05, 4.69) is 20.3 Å². The topological polar surface area (TPSA) is 50.7 Å². The molecule has 0 fully saturated rings. The van der Waals surface area contributed by atoms with Gasteiger partial charge in [-0.1, -0.05) is 12.1 Å². The van der Waals surface area contributed by atoms with Gasteiger partial charge in [0.05, 0.1) is 22.9 Å². The Morgan fingerprint density at radius 3 is 2.78 bits per heavy atom. The lowest BCUT2D eigenvalue weighted by atomic mass is 10.3. The monoisotopic (exact) mass is 256 g/mol. The minimum atomic E-state index is 0.706. The zero-order valence-corrected chi connectivity index (χ0v) is 10.5. The Bertz CT molecular complexity index is 636. The molecular formula is C13H12N4S. The highest BCUT2D eigenvalue weighted by atomic mass is 32.1. The minimum Gasteiger partial charge on any atom is -0.305 e. The fourth-order valence-corrected chi connectivity index (χ4v) is 2.30. The molecule has 0 aliphatic rings. The maximum Gasteiger partial charge on any atom is 0.106 e. The molecule has 90 valence electrons. The van der Waals surface area contributed by atoms with Gasteiger partial charge in [0, 0.05) is 24.7 Å². The van der Waals surface area contributed by atoms with Gasteiger partial charge >= 0.3 is 0 Å². The van der Waals surface area contributed by atoms with E-state index in [1.807, 2.05) is 42.0 Å². The van der Waals surface area contributed by atoms with E-state index < -0.39 is 0 Å². The summed E-state index contributed by atoms with van der Waals surface area (Å²) >= 11 is 1.65. The predicted molar refractivity (Wildman–Crippen MR) is 72.2 cm³/mol. The highest BCUT2D eigenvalue weighted by Gasteiger charge is 2.00. The highest BCUT2D eigenvalue weighted by molar-refractivity contribution is 7.09. The van der Waals surface area contributed by atoms with E-state index in [4.69, 9.17) is 0 Å². The quantitative estimate of drug-likeness (QED) is 0.778. The van der Waals surface area contributed by atoms with Gasteiger partial charge in [0.15, 0.2) is 0 Å². The molecule has 5 heteroatoms. The number of thiazole rings is 1. The maximum atomic E-state index is 4.55. The van der Waals surface area contributed by atoms with Crippen LogP contribution in [0.4, 0.5) is 0 Å². The Labute approximate surface area is 109 Å². The van der Waals surface area contributed by atoms with Crippen LogP contribution in [0, 0.1) is 0 Å². The molecule has 0 spiro atoms. The molecule has 0 radical (unpaired) electrons. The van der Waals surface area contributed by atoms with Crippen LogP contribution in [0.1, 0.15) is 10.7 Å². The first-order chi connectivity index (χ1) is 8.92. The number of nitrogens with one attached hydrogen (secondary N) is 1. The summed E-state index contributed by atoms with van der Waals surface area (Å²) in [4.78, 5) is 13.2. The summed E-state index contributed by atoms with van der Waals surface area (Å²) in [7, 11) is 0. The minimum absolute atomic E-state index is 0.706. The third kappa shape index (κ3) is 2.52. The summed E-state index contributed by atoms with van der Waals surface area (Å²) in [5.41, 5.74) is 2.82. The Morgan fingerprint density at radius 1 is 1.06 bits per heavy atom. The molecule has 2 heterocycles. The van der Waals surface area contributed by atoms with Crippen molar-refractivity contribution in [1.29, 1.82) is 0 Å². The van der Waals surface area contributed by atoms with E-state index in [-0.39, 0.29) is 0 Å². The van der Waals surface area contributed by atoms with Crippen molar-refractivity contribution in [2.45, 2.75) is 13.1 Å². The molecular weight excluding hydrogens is 244 g/mol. The SMILES string of the molecule is c1ccc2nc(CNCc3nccs3)cnc2c1. The van der Waals surface area contributed by atoms with Gasteiger partial charge in [-0.15, -0.1) is 11.3 Å². The Morgan fingerprint density at radius 2 is 1.94 bits per heavy atom. The summed E-state index contributed by atoms with van der Waals surface area (Å²) in [5, 5.41) is 6.38. The molecule has 0 aliphatic carbocycles. The Balaban J connectivity index is 1.67. The summed E-state index contributed by atoms with van der Waals surface area (Å²) in [5.74, 6) is 0. The van der Waals surface area contributed by atoms with Gasteiger partial charge in [0.1, 0.15) is 5.01 Å². The molecule has 1 aromatic carbocycles. The van der Waals surface area contributed by atoms with E-state index in [0.29, 0.717) is 6.54 Å². The fourth-order valence-electron chi connectivity index (χ4n) is 1.72. The van der Waals surface area contributed by atoms with E-state index in [0.717, 1.165) is 28.3 Å². The maximum absolute atomic E-state index is 4.55. The van der Waals surface area contributed by atoms with Gasteiger partial charge in [0.2, 0.25) is 0 Å². The van der Waals surface area contributed by atoms with Crippen LogP contribution in [0.5, 0.6) is 0 Å². The van der Waals surface area contributed by atoms with Crippen molar-refractivity contribution in [2.24, 2.45) is 0 Å². The van der Waals surface area contributed by atoms with Gasteiger partial charge in [0.25, 0.3) is 0 Å². The normalized spacial score (nSPS) is 10.9. The summed E-state index contributed by atoms with van der Waals surface area (Å²) in [6.07, 6.45) is 3.63. The lowest BCUT2D eigenvalue weighted by molar-refractivity contribution is 0.676. The average Bonchev–Trinajstić information content (AvgIpc) is 2.92. The van der Waals surface area contributed by atoms with Crippen LogP contribution in [0.3, 0.4) is 0 Å². The van der Waals surface area contributed by atoms with Crippen molar-refractivity contribution in [3.05, 3.63) is 52.7 Å². The van der Waals surface area contributed by atoms with Crippen molar-refractivity contribution < 1.29 is 0 Å². The number of nitrogens with zero attached hydrogens (tertiary/aromatic N) is 3. The molecule has 0 aliphatic heterocycles. The lowest BCUT2D eigenvalue weighted by Crippen LogP contribution is -2.13. The molecule has 0 bridgehead atoms. The number of benzene rings is 1. The second-order valence-electron chi connectivity index (χ2n) is 3.88. The highest BCUT2D eigenvalue weighted by Crippen LogP contribution is 2.08. The van der Waals surface area contributed by atoms with Crippen LogP contribution in [0.15, 0.2) is 42.0 Å². The van der Waals surface area contributed by atoms with Crippen molar-refractivity contribution in [2.75, 3.05) is 0 Å². The smallest absolute Gasteiger partial charge is 0.106 e. The van der Waals surface area contributed by atoms with Crippen LogP contribution in [0.25, 0.3) is 11.0 Å². The fraction of sp³-hybridized carbons (Fsp3) is 0.154. The summed E-state index contributed by atoms with van der Waals surface area (Å²) < 4.78 is 0. The largest absolute Gasteiger partial charge is 0.305 e. The van der Waals surface area contributed by atoms with Crippen molar-refractivity contribution in [1.82, 2.24) is 20.3 Å². The average molecular weight is 256 g/mol. The third-order valence-corrected chi connectivity index (χ3v) is 3.34. The summed E-state index contributed by atoms with van der Waals surface area (Å²) in [6, 6.07) is 7.89. The van der Waals surface area contributed by atoms with E-state index in [9.17, 15) is 0 Å². The molecule has 2 aromatic heterocycles. The number of hydrogen-bond acceptors (Lipinski definition) is 5. The first kappa shape index (κ1) is 11.3. The van der Waals surface area contributed by atoms with Gasteiger partial charge in [-0.3, -0.25) is 4.98 Å². The van der Waals surface area contributed by atoms with Crippen LogP contribution in [-0.2, 0) is 13.1 Å². The van der Waals surface area contributed by atoms with Crippen molar-refractivity contribution >= 4 is 22.4 Å². The second-order valence-corrected chi connectivity index (χ2v) is 4.86. The Hall–Kier alpha value is -1.85. The van der Waals surface area contributed by atoms with Gasteiger partial charge in [-0.2, -0.15) is 0 Å². The zero-order valence-electron chi connectivity index (χ0n) is 9.71. The molecule has 0 amide bonds. The molecule has 18 heavy (non-hydrogen) atoms. The number of hydrogen-bond donors (Lipinski definition) is 1. The number of fused-ring (bicyclic) bond motifs is 1. The van der Waals surface area contributed by atoms with E-state index >= 15 is 0 Å². The van der Waals surface area contributed by atoms with Crippen LogP contribution < -0.4 is 5.32 Å². The van der Waals surface area contributed by atoms with Crippen molar-refractivity contribution in [3.8, 4) is 0 Å². The van der Waals surface area contributed by atoms with Gasteiger partial charge in [-0.25, -0.2) is 9.97 Å². The number of aromatic nitrogens is 3. The van der Waals surface area contributed by atoms with Crippen LogP contribution in [0.2, 0.25) is 0 Å². The molecule has 0 atom stereocenters. The van der Waals surface area contributed by atoms with Gasteiger partial charge < -0.3 is 5.32 Å². The molecule has 0 saturated heterocycles. The molecule has 0 unspecified atom stereocenters. The Kier molecular flexibility index (Phi) is 3.25. The van der Waals surface area contributed by atoms with Gasteiger partial charge in [-0.05, 0) is 12.1 Å². The first-order valence-electron chi connectivity index (χ1n) is 5.71. The third-order valence-electron chi connectivity index (χ3n) is 2.56. The van der Waals surface area contributed by atoms with E-state index in [1.54, 1.807) is 11.3 Å². The lowest BCUT2D eigenvalue weighted by Gasteiger charge is -2.03. The number of rotatable bonds is 4. The molecule has 4 nitrogen and oxygen atoms in total. The molecule has 0 saturated carbocycles. The molecule has 3 aromatic rings. The second kappa shape index (κ2) is 5.20. The standard InChI is InChI=1S/C13H12N4S/c1-2-4-12-11(3-1)16-8-10(17-12)7-14-9-13-15-5-6-18-13/h1-6,8,14H,7,9H2. The first-order valence-corrected chi connectivity index (χ1v) is 6.59. The molecule has 3 rings (SSSR count). The van der Waals surface area contributed by atoms with Crippen LogP contribution in [-0.4, -0.2) is 15.0 Å². The summed E-state index contributed by atoms with van der Waals surface area (Å²) in [6.45, 7) is 1.48. The predicted octanol–water partition coefficient (Wildman–Crippen LogP) is 2.38. The molecule has 1 N–H and O–H groups in total. The zero-order chi connectivity index (χ0) is 12.2. The van der Waals surface area contributed by atoms with Crippen molar-refractivity contribution in [3.63, 3.8) is 0 Å². The number of para-hydroxylation sites is 2. The van der Waals surface area contributed by atoms with Crippen LogP contribution >= 0.6 is 11.3 Å².